The summed E-state index contributed by atoms with van der Waals surface area (Å²) < 4.78 is 44.7. The van der Waals surface area contributed by atoms with Crippen molar-refractivity contribution in [1.82, 2.24) is 25.3 Å². The lowest BCUT2D eigenvalue weighted by molar-refractivity contribution is -0.137. The zero-order valence-corrected chi connectivity index (χ0v) is 20.2. The quantitative estimate of drug-likeness (QED) is 0.597. The normalized spacial score (nSPS) is 28.0. The highest BCUT2D eigenvalue weighted by Gasteiger charge is 2.42. The van der Waals surface area contributed by atoms with Gasteiger partial charge in [-0.1, -0.05) is 12.1 Å². The van der Waals surface area contributed by atoms with Crippen LogP contribution in [-0.4, -0.2) is 72.0 Å². The number of alkyl halides is 3. The monoisotopic (exact) mass is 513 g/mol. The van der Waals surface area contributed by atoms with Crippen molar-refractivity contribution < 1.29 is 22.7 Å². The van der Waals surface area contributed by atoms with Crippen LogP contribution in [-0.2, 0) is 15.7 Å². The summed E-state index contributed by atoms with van der Waals surface area (Å²) in [5.74, 6) is -0.157. The maximum Gasteiger partial charge on any atom is 0.416 e. The molecule has 1 amide bonds. The third-order valence-corrected chi connectivity index (χ3v) is 7.37. The molecule has 4 unspecified atom stereocenters. The summed E-state index contributed by atoms with van der Waals surface area (Å²) in [6.45, 7) is 4.09. The summed E-state index contributed by atoms with van der Waals surface area (Å²) in [6, 6.07) is 7.69. The Bertz CT molecular complexity index is 974. The third-order valence-electron chi connectivity index (χ3n) is 7.37. The van der Waals surface area contributed by atoms with Crippen LogP contribution in [0.25, 0.3) is 0 Å². The fourth-order valence-corrected chi connectivity index (χ4v) is 5.64. The Kier molecular flexibility index (Phi) is 8.05. The number of H-pyrrole nitrogens is 1. The second-order valence-corrected chi connectivity index (χ2v) is 9.42. The molecule has 11 heteroatoms. The number of morpholine rings is 1. The first kappa shape index (κ1) is 25.9. The molecule has 192 valence electrons. The molecular formula is C24H31ClF3N5O2. The van der Waals surface area contributed by atoms with E-state index < -0.39 is 11.7 Å². The van der Waals surface area contributed by atoms with Crippen LogP contribution < -0.4 is 5.32 Å². The molecule has 0 bridgehead atoms. The van der Waals surface area contributed by atoms with Gasteiger partial charge in [-0.2, -0.15) is 18.3 Å². The van der Waals surface area contributed by atoms with E-state index in [2.05, 4.69) is 26.5 Å². The number of piperidine rings is 1. The second-order valence-electron chi connectivity index (χ2n) is 9.42. The van der Waals surface area contributed by atoms with E-state index in [4.69, 9.17) is 4.74 Å². The van der Waals surface area contributed by atoms with Crippen molar-refractivity contribution in [2.75, 3.05) is 39.4 Å². The average Bonchev–Trinajstić information content (AvgIpc) is 3.55. The van der Waals surface area contributed by atoms with Crippen molar-refractivity contribution in [2.24, 2.45) is 0 Å². The highest BCUT2D eigenvalue weighted by molar-refractivity contribution is 5.85. The number of halogens is 4. The number of hydrogen-bond donors (Lipinski definition) is 2. The number of aromatic amines is 1. The molecule has 2 N–H and O–H groups in total. The number of carbonyl (C=O) groups is 1. The molecule has 4 atom stereocenters. The standard InChI is InChI=1S/C24H30F3N5O2.ClH/c25-24(26,27)18-5-3-16(4-6-18)17-12-19(21-13-22(30-29-21)20-2-1-7-28-20)23(32(14-17)15-33)31-8-10-34-11-9-31;/h3-6,13,15,17,19-20,23,28H,1-2,7-12,14H2,(H,29,30);1H. The predicted molar refractivity (Wildman–Crippen MR) is 126 cm³/mol. The Morgan fingerprint density at radius 3 is 2.51 bits per heavy atom. The maximum absolute atomic E-state index is 13.1. The van der Waals surface area contributed by atoms with E-state index in [0.717, 1.165) is 68.0 Å². The number of rotatable bonds is 5. The average molecular weight is 514 g/mol. The summed E-state index contributed by atoms with van der Waals surface area (Å²) >= 11 is 0. The molecule has 1 aromatic carbocycles. The minimum absolute atomic E-state index is 0. The Labute approximate surface area is 208 Å². The van der Waals surface area contributed by atoms with Crippen molar-refractivity contribution in [3.8, 4) is 0 Å². The predicted octanol–water partition coefficient (Wildman–Crippen LogP) is 3.66. The molecule has 3 fully saturated rings. The zero-order chi connectivity index (χ0) is 23.7. The molecule has 3 saturated heterocycles. The molecule has 0 radical (unpaired) electrons. The molecule has 0 saturated carbocycles. The molecule has 2 aromatic rings. The summed E-state index contributed by atoms with van der Waals surface area (Å²) in [4.78, 5) is 16.3. The van der Waals surface area contributed by atoms with Gasteiger partial charge in [0.05, 0.1) is 36.3 Å². The van der Waals surface area contributed by atoms with Crippen LogP contribution in [0, 0.1) is 0 Å². The Morgan fingerprint density at radius 2 is 1.89 bits per heavy atom. The van der Waals surface area contributed by atoms with Crippen LogP contribution in [0.4, 0.5) is 13.2 Å². The number of nitrogens with zero attached hydrogens (tertiary/aromatic N) is 3. The first-order chi connectivity index (χ1) is 16.4. The molecule has 3 aliphatic heterocycles. The number of hydrogen-bond acceptors (Lipinski definition) is 5. The summed E-state index contributed by atoms with van der Waals surface area (Å²) in [6.07, 6.45) is -0.805. The van der Waals surface area contributed by atoms with Gasteiger partial charge in [-0.05, 0) is 49.6 Å². The Balaban J connectivity index is 0.00000289. The fraction of sp³-hybridized carbons (Fsp3) is 0.583. The van der Waals surface area contributed by atoms with Crippen LogP contribution >= 0.6 is 12.4 Å². The molecule has 1 aromatic heterocycles. The lowest BCUT2D eigenvalue weighted by Crippen LogP contribution is -2.58. The van der Waals surface area contributed by atoms with E-state index in [9.17, 15) is 18.0 Å². The number of nitrogens with one attached hydrogen (secondary N) is 2. The molecule has 7 nitrogen and oxygen atoms in total. The van der Waals surface area contributed by atoms with Gasteiger partial charge >= 0.3 is 6.18 Å². The molecular weight excluding hydrogens is 483 g/mol. The zero-order valence-electron chi connectivity index (χ0n) is 19.3. The smallest absolute Gasteiger partial charge is 0.379 e. The molecule has 0 spiro atoms. The molecule has 3 aliphatic rings. The van der Waals surface area contributed by atoms with E-state index in [0.29, 0.717) is 26.2 Å². The van der Waals surface area contributed by atoms with Gasteiger partial charge in [0.1, 0.15) is 0 Å². The van der Waals surface area contributed by atoms with Crippen LogP contribution in [0.1, 0.15) is 59.7 Å². The highest BCUT2D eigenvalue weighted by Crippen LogP contribution is 2.41. The topological polar surface area (TPSA) is 73.5 Å². The minimum Gasteiger partial charge on any atom is -0.379 e. The van der Waals surface area contributed by atoms with E-state index >= 15 is 0 Å². The maximum atomic E-state index is 13.1. The van der Waals surface area contributed by atoms with Gasteiger partial charge in [-0.15, -0.1) is 12.4 Å². The minimum atomic E-state index is -4.37. The van der Waals surface area contributed by atoms with Crippen molar-refractivity contribution in [2.45, 2.75) is 49.5 Å². The largest absolute Gasteiger partial charge is 0.416 e. The van der Waals surface area contributed by atoms with Crippen molar-refractivity contribution >= 4 is 18.8 Å². The lowest BCUT2D eigenvalue weighted by atomic mass is 9.80. The van der Waals surface area contributed by atoms with Crippen molar-refractivity contribution in [3.05, 3.63) is 52.8 Å². The van der Waals surface area contributed by atoms with Gasteiger partial charge in [0.15, 0.2) is 0 Å². The van der Waals surface area contributed by atoms with Gasteiger partial charge in [-0.25, -0.2) is 0 Å². The first-order valence-electron chi connectivity index (χ1n) is 11.9. The van der Waals surface area contributed by atoms with E-state index in [-0.39, 0.29) is 36.5 Å². The second kappa shape index (κ2) is 10.9. The fourth-order valence-electron chi connectivity index (χ4n) is 5.64. The first-order valence-corrected chi connectivity index (χ1v) is 11.9. The van der Waals surface area contributed by atoms with Crippen molar-refractivity contribution in [1.29, 1.82) is 0 Å². The van der Waals surface area contributed by atoms with Gasteiger partial charge in [-0.3, -0.25) is 14.8 Å². The molecule has 5 rings (SSSR count). The van der Waals surface area contributed by atoms with E-state index in [1.54, 1.807) is 17.0 Å². The van der Waals surface area contributed by atoms with Gasteiger partial charge < -0.3 is 15.0 Å². The van der Waals surface area contributed by atoms with E-state index in [1.165, 1.54) is 0 Å². The Hall–Kier alpha value is -2.14. The van der Waals surface area contributed by atoms with Crippen molar-refractivity contribution in [3.63, 3.8) is 0 Å². The summed E-state index contributed by atoms with van der Waals surface area (Å²) in [5.41, 5.74) is 2.08. The van der Waals surface area contributed by atoms with Gasteiger partial charge in [0, 0.05) is 37.5 Å². The number of benzene rings is 1. The highest BCUT2D eigenvalue weighted by atomic mass is 35.5. The molecule has 35 heavy (non-hydrogen) atoms. The van der Waals surface area contributed by atoms with Crippen LogP contribution in [0.3, 0.4) is 0 Å². The number of carbonyl (C=O) groups excluding carboxylic acids is 1. The van der Waals surface area contributed by atoms with Gasteiger partial charge in [0.25, 0.3) is 0 Å². The Morgan fingerprint density at radius 1 is 1.14 bits per heavy atom. The van der Waals surface area contributed by atoms with Crippen LogP contribution in [0.5, 0.6) is 0 Å². The SMILES string of the molecule is Cl.O=CN1CC(c2ccc(C(F)(F)F)cc2)CC(c2cc(C3CCCN3)[nH]n2)C1N1CCOCC1. The molecule has 4 heterocycles. The molecule has 0 aliphatic carbocycles. The van der Waals surface area contributed by atoms with Gasteiger partial charge in [0.2, 0.25) is 6.41 Å². The summed E-state index contributed by atoms with van der Waals surface area (Å²) in [5, 5.41) is 11.3. The third kappa shape index (κ3) is 5.50. The number of likely N-dealkylation sites (tertiary alicyclic amines) is 1. The number of amides is 1. The number of ether oxygens (including phenoxy) is 1. The number of aromatic nitrogens is 2. The summed E-state index contributed by atoms with van der Waals surface area (Å²) in [7, 11) is 0. The van der Waals surface area contributed by atoms with Crippen LogP contribution in [0.15, 0.2) is 30.3 Å². The van der Waals surface area contributed by atoms with Crippen LogP contribution in [0.2, 0.25) is 0 Å². The van der Waals surface area contributed by atoms with E-state index in [1.807, 2.05) is 0 Å². The lowest BCUT2D eigenvalue weighted by Gasteiger charge is -2.48.